The molecule has 8 aliphatic heterocycles. The van der Waals surface area contributed by atoms with Gasteiger partial charge in [0.25, 0.3) is 5.91 Å². The van der Waals surface area contributed by atoms with E-state index in [1.807, 2.05) is 0 Å². The molecule has 3 amide bonds. The molecule has 2 aliphatic carbocycles. The van der Waals surface area contributed by atoms with Crippen molar-refractivity contribution in [1.82, 2.24) is 50.2 Å². The van der Waals surface area contributed by atoms with Crippen molar-refractivity contribution < 1.29 is 28.7 Å². The molecule has 432 valence electrons. The highest BCUT2D eigenvalue weighted by Crippen LogP contribution is 2.46. The van der Waals surface area contributed by atoms with Crippen molar-refractivity contribution >= 4 is 45.9 Å². The van der Waals surface area contributed by atoms with Crippen molar-refractivity contribution in [2.45, 2.75) is 166 Å². The Kier molecular flexibility index (Phi) is 15.0. The zero-order valence-electron chi connectivity index (χ0n) is 48.5. The molecule has 2 aromatic heterocycles. The quantitative estimate of drug-likeness (QED) is 0.148. The van der Waals surface area contributed by atoms with Crippen molar-refractivity contribution in [1.29, 1.82) is 0 Å². The van der Waals surface area contributed by atoms with Crippen LogP contribution >= 0.6 is 0 Å². The summed E-state index contributed by atoms with van der Waals surface area (Å²) in [4.78, 5) is 75.9. The van der Waals surface area contributed by atoms with Crippen LogP contribution in [0.3, 0.4) is 0 Å². The number of carbonyl (C=O) groups is 4. The number of piperazine rings is 1. The van der Waals surface area contributed by atoms with Crippen molar-refractivity contribution in [2.75, 3.05) is 97.2 Å². The molecule has 10 heterocycles. The molecule has 9 atom stereocenters. The van der Waals surface area contributed by atoms with E-state index < -0.39 is 17.5 Å². The summed E-state index contributed by atoms with van der Waals surface area (Å²) in [5.74, 6) is 0.454. The summed E-state index contributed by atoms with van der Waals surface area (Å²) >= 11 is 0. The lowest BCUT2D eigenvalue weighted by molar-refractivity contribution is -0.155. The summed E-state index contributed by atoms with van der Waals surface area (Å²) in [6.45, 7) is 19.1. The summed E-state index contributed by atoms with van der Waals surface area (Å²) in [6, 6.07) is 8.29. The number of benzene rings is 1. The van der Waals surface area contributed by atoms with E-state index in [1.165, 1.54) is 48.8 Å². The fraction of sp³-hybridized carbons (Fsp3) is 0.698. The zero-order valence-corrected chi connectivity index (χ0v) is 48.5. The van der Waals surface area contributed by atoms with Gasteiger partial charge in [-0.15, -0.1) is 0 Å². The summed E-state index contributed by atoms with van der Waals surface area (Å²) in [5.41, 5.74) is 11.8. The Hall–Kier alpha value is -4.91. The van der Waals surface area contributed by atoms with E-state index in [9.17, 15) is 9.59 Å². The van der Waals surface area contributed by atoms with Crippen LogP contribution in [0.4, 0.5) is 5.69 Å². The van der Waals surface area contributed by atoms with Gasteiger partial charge in [0, 0.05) is 118 Å². The molecule has 8 fully saturated rings. The molecule has 13 rings (SSSR count). The van der Waals surface area contributed by atoms with E-state index in [2.05, 4.69) is 109 Å². The van der Waals surface area contributed by atoms with E-state index in [0.717, 1.165) is 138 Å². The topological polar surface area (TPSA) is 170 Å². The van der Waals surface area contributed by atoms with Gasteiger partial charge in [0.1, 0.15) is 18.1 Å². The first kappa shape index (κ1) is 54.3. The van der Waals surface area contributed by atoms with Gasteiger partial charge in [0.15, 0.2) is 0 Å². The Morgan fingerprint density at radius 2 is 1.75 bits per heavy atom. The number of esters is 1. The van der Waals surface area contributed by atoms with Gasteiger partial charge < -0.3 is 29.2 Å². The SMILES string of the molecule is CCn1c(-c2cc(N3CCN4CCC[C@@H]4C3)cnc2[C@H](C)OC)c2c3cc(ccc31)C1=CCCN(C1)C[C@H](NC(=O)C(C1CCCC1)N1CC[C@]3(CCN(C(=O)[C@@H]4NC4C4CC4)C3)C1)C(=O)N1CCC[C@H](N1)C(=O)OCC(C)(C)C2. The number of carbonyl (C=O) groups excluding carboxylic acids is 4. The van der Waals surface area contributed by atoms with Crippen LogP contribution in [-0.2, 0) is 41.6 Å². The predicted octanol–water partition coefficient (Wildman–Crippen LogP) is 6.14. The standard InChI is InChI=1S/C63H89N11O6/c1-6-73-52-20-19-43-30-47(52)49(57(73)48-31-46(33-64-53(48)40(2)79-5)70-29-28-69-24-10-15-45(69)35-70)32-62(3,4)39-80-61(78)50-16-11-25-74(67-50)59(76)51(36-68-23-9-14-44(43)34-68)65-58(75)56(42-12-7-8-13-42)71-26-21-63(37-71)22-27-72(38-63)60(77)55-54(66-55)41-17-18-41/h14,19-20,30-31,33,40-42,45,50-51,54-56,66-67H,6-13,15-18,21-29,32,34-39H2,1-5H3,(H,65,75)/t40-,45+,50-,51-,54?,55+,56?,63-/m0/s1. The molecule has 6 bridgehead atoms. The van der Waals surface area contributed by atoms with E-state index in [4.69, 9.17) is 14.5 Å². The van der Waals surface area contributed by atoms with E-state index in [1.54, 1.807) is 12.1 Å². The smallest absolute Gasteiger partial charge is 0.324 e. The minimum Gasteiger partial charge on any atom is -0.464 e. The first-order valence-corrected chi connectivity index (χ1v) is 31.2. The highest BCUT2D eigenvalue weighted by atomic mass is 16.5. The maximum atomic E-state index is 15.3. The fourth-order valence-corrected chi connectivity index (χ4v) is 16.1. The average molecular weight is 1100 g/mol. The normalized spacial score (nSPS) is 31.3. The molecule has 6 saturated heterocycles. The predicted molar refractivity (Wildman–Crippen MR) is 309 cm³/mol. The number of hydrogen-bond acceptors (Lipinski definition) is 13. The number of likely N-dealkylation sites (tertiary alicyclic amines) is 2. The van der Waals surface area contributed by atoms with Gasteiger partial charge in [-0.25, -0.2) is 5.43 Å². The number of ether oxygens (including phenoxy) is 2. The number of amides is 3. The van der Waals surface area contributed by atoms with Gasteiger partial charge in [-0.1, -0.05) is 38.8 Å². The molecule has 0 radical (unpaired) electrons. The molecule has 1 spiro atoms. The second-order valence-corrected chi connectivity index (χ2v) is 26.9. The number of nitrogens with zero attached hydrogens (tertiary/aromatic N) is 8. The van der Waals surface area contributed by atoms with Crippen LogP contribution in [0.25, 0.3) is 27.7 Å². The molecule has 3 unspecified atom stereocenters. The number of rotatable bonds is 11. The van der Waals surface area contributed by atoms with Crippen LogP contribution in [0.15, 0.2) is 36.5 Å². The lowest BCUT2D eigenvalue weighted by Crippen LogP contribution is -2.63. The highest BCUT2D eigenvalue weighted by Gasteiger charge is 2.55. The Morgan fingerprint density at radius 3 is 2.56 bits per heavy atom. The number of aromatic nitrogens is 2. The van der Waals surface area contributed by atoms with Crippen LogP contribution in [0.5, 0.6) is 0 Å². The van der Waals surface area contributed by atoms with Crippen molar-refractivity contribution in [3.8, 4) is 11.3 Å². The molecule has 17 heteroatoms. The van der Waals surface area contributed by atoms with Crippen LogP contribution in [0.2, 0.25) is 0 Å². The highest BCUT2D eigenvalue weighted by molar-refractivity contribution is 5.95. The molecule has 3 aromatic rings. The number of nitrogens with one attached hydrogen (secondary N) is 3. The number of fused-ring (bicyclic) bond motifs is 7. The third-order valence-electron chi connectivity index (χ3n) is 20.7. The number of anilines is 1. The number of hydrazine groups is 1. The van der Waals surface area contributed by atoms with Gasteiger partial charge in [-0.3, -0.25) is 49.2 Å². The molecule has 10 aliphatic rings. The fourth-order valence-electron chi connectivity index (χ4n) is 16.1. The molecule has 80 heavy (non-hydrogen) atoms. The zero-order chi connectivity index (χ0) is 55.0. The van der Waals surface area contributed by atoms with Crippen LogP contribution < -0.4 is 21.0 Å². The van der Waals surface area contributed by atoms with Gasteiger partial charge in [-0.2, -0.15) is 0 Å². The number of aryl methyl sites for hydroxylation is 1. The molecule has 1 aromatic carbocycles. The minimum atomic E-state index is -0.849. The van der Waals surface area contributed by atoms with E-state index in [-0.39, 0.29) is 59.8 Å². The number of hydrogen-bond donors (Lipinski definition) is 3. The van der Waals surface area contributed by atoms with Gasteiger partial charge >= 0.3 is 5.97 Å². The molecular formula is C63H89N11O6. The minimum absolute atomic E-state index is 0.0196. The maximum absolute atomic E-state index is 15.3. The Labute approximate surface area is 473 Å². The number of methoxy groups -OCH3 is 1. The Bertz CT molecular complexity index is 2890. The Balaban J connectivity index is 0.815. The van der Waals surface area contributed by atoms with Crippen LogP contribution in [0, 0.1) is 22.7 Å². The van der Waals surface area contributed by atoms with Crippen LogP contribution in [0.1, 0.15) is 134 Å². The second-order valence-electron chi connectivity index (χ2n) is 26.9. The van der Waals surface area contributed by atoms with E-state index in [0.29, 0.717) is 56.9 Å². The van der Waals surface area contributed by atoms with Gasteiger partial charge in [-0.05, 0) is 151 Å². The first-order valence-electron chi connectivity index (χ1n) is 31.2. The third kappa shape index (κ3) is 10.6. The third-order valence-corrected chi connectivity index (χ3v) is 20.7. The number of pyridine rings is 1. The number of cyclic esters (lactones) is 1. The van der Waals surface area contributed by atoms with Gasteiger partial charge in [0.2, 0.25) is 11.8 Å². The van der Waals surface area contributed by atoms with Crippen LogP contribution in [-0.4, -0.2) is 186 Å². The van der Waals surface area contributed by atoms with E-state index >= 15 is 9.59 Å². The molecular weight excluding hydrogens is 1010 g/mol. The molecule has 2 saturated carbocycles. The summed E-state index contributed by atoms with van der Waals surface area (Å²) < 4.78 is 14.9. The summed E-state index contributed by atoms with van der Waals surface area (Å²) in [7, 11) is 1.76. The first-order chi connectivity index (χ1) is 38.8. The monoisotopic (exact) mass is 1100 g/mol. The van der Waals surface area contributed by atoms with Crippen molar-refractivity contribution in [2.24, 2.45) is 22.7 Å². The summed E-state index contributed by atoms with van der Waals surface area (Å²) in [5, 5.41) is 9.70. The Morgan fingerprint density at radius 1 is 0.925 bits per heavy atom. The largest absolute Gasteiger partial charge is 0.464 e. The lowest BCUT2D eigenvalue weighted by atomic mass is 9.84. The molecule has 3 N–H and O–H groups in total. The van der Waals surface area contributed by atoms with Gasteiger partial charge in [0.05, 0.1) is 42.0 Å². The van der Waals surface area contributed by atoms with Crippen molar-refractivity contribution in [3.63, 3.8) is 0 Å². The maximum Gasteiger partial charge on any atom is 0.324 e. The summed E-state index contributed by atoms with van der Waals surface area (Å²) in [6.07, 6.45) is 17.8. The van der Waals surface area contributed by atoms with Crippen molar-refractivity contribution in [3.05, 3.63) is 53.4 Å². The molecule has 17 nitrogen and oxygen atoms in total. The lowest BCUT2D eigenvalue weighted by Gasteiger charge is -2.39. The average Bonchev–Trinajstić information content (AvgIpc) is 4.23. The second kappa shape index (κ2) is 22.0.